The van der Waals surface area contributed by atoms with Crippen molar-refractivity contribution in [2.75, 3.05) is 7.11 Å². The molecule has 3 aromatic carbocycles. The fourth-order valence-electron chi connectivity index (χ4n) is 3.88. The van der Waals surface area contributed by atoms with Gasteiger partial charge in [0.2, 0.25) is 0 Å². The van der Waals surface area contributed by atoms with Crippen LogP contribution in [0.4, 0.5) is 9.18 Å². The number of methoxy groups -OCH3 is 1. The first-order valence-corrected chi connectivity index (χ1v) is 11.7. The van der Waals surface area contributed by atoms with Crippen molar-refractivity contribution in [3.05, 3.63) is 105 Å². The SMILES string of the molecule is COc1ccc(C2=NN(C3=NC(=O)S/C3=C\c3ccc(F)cc3)C(c3ccc(Cl)cc3)C2)cc1. The van der Waals surface area contributed by atoms with E-state index in [-0.39, 0.29) is 17.1 Å². The van der Waals surface area contributed by atoms with Crippen LogP contribution < -0.4 is 4.74 Å². The van der Waals surface area contributed by atoms with Gasteiger partial charge in [-0.3, -0.25) is 4.79 Å². The number of hydrogen-bond acceptors (Lipinski definition) is 5. The van der Waals surface area contributed by atoms with Crippen LogP contribution in [0.3, 0.4) is 0 Å². The van der Waals surface area contributed by atoms with Gasteiger partial charge in [-0.1, -0.05) is 35.9 Å². The summed E-state index contributed by atoms with van der Waals surface area (Å²) in [7, 11) is 1.63. The number of carbonyl (C=O) groups excluding carboxylic acids is 1. The third kappa shape index (κ3) is 4.62. The number of carbonyl (C=O) groups is 1. The topological polar surface area (TPSA) is 54.3 Å². The molecule has 3 aromatic rings. The van der Waals surface area contributed by atoms with Gasteiger partial charge < -0.3 is 4.74 Å². The maximum Gasteiger partial charge on any atom is 0.311 e. The fraction of sp³-hybridized carbons (Fsp3) is 0.115. The molecule has 0 fully saturated rings. The maximum atomic E-state index is 13.4. The molecule has 1 atom stereocenters. The zero-order valence-electron chi connectivity index (χ0n) is 18.1. The number of hydrogen-bond donors (Lipinski definition) is 0. The standard InChI is InChI=1S/C26H19ClFN3O2S/c1-33-21-12-6-17(7-13-21)22-15-23(18-4-8-19(27)9-5-18)31(30-22)25-24(34-26(32)29-25)14-16-2-10-20(28)11-3-16/h2-14,23H,15H2,1H3/b24-14-. The average Bonchev–Trinajstić information content (AvgIpc) is 3.44. The Kier molecular flexibility index (Phi) is 6.22. The summed E-state index contributed by atoms with van der Waals surface area (Å²) in [5.41, 5.74) is 3.61. The Balaban J connectivity index is 1.55. The molecule has 5 rings (SSSR count). The summed E-state index contributed by atoms with van der Waals surface area (Å²) in [4.78, 5) is 17.3. The first kappa shape index (κ1) is 22.4. The highest BCUT2D eigenvalue weighted by molar-refractivity contribution is 8.18. The van der Waals surface area contributed by atoms with E-state index in [0.29, 0.717) is 22.2 Å². The summed E-state index contributed by atoms with van der Waals surface area (Å²) in [6, 6.07) is 21.2. The van der Waals surface area contributed by atoms with E-state index in [9.17, 15) is 9.18 Å². The summed E-state index contributed by atoms with van der Waals surface area (Å²) < 4.78 is 18.6. The molecule has 0 spiro atoms. The molecule has 0 bridgehead atoms. The van der Waals surface area contributed by atoms with Gasteiger partial charge in [0.25, 0.3) is 0 Å². The Morgan fingerprint density at radius 1 is 1.06 bits per heavy atom. The summed E-state index contributed by atoms with van der Waals surface area (Å²) >= 11 is 7.15. The van der Waals surface area contributed by atoms with Crippen LogP contribution in [0.1, 0.15) is 29.2 Å². The lowest BCUT2D eigenvalue weighted by molar-refractivity contribution is 0.267. The molecule has 0 N–H and O–H groups in total. The van der Waals surface area contributed by atoms with Crippen molar-refractivity contribution in [2.24, 2.45) is 10.1 Å². The summed E-state index contributed by atoms with van der Waals surface area (Å²) in [5, 5.41) is 7.03. The fourth-order valence-corrected chi connectivity index (χ4v) is 4.75. The lowest BCUT2D eigenvalue weighted by Gasteiger charge is -2.24. The number of halogens is 2. The van der Waals surface area contributed by atoms with Gasteiger partial charge in [-0.25, -0.2) is 9.40 Å². The molecular formula is C26H19ClFN3O2S. The number of hydrazone groups is 1. The summed E-state index contributed by atoms with van der Waals surface area (Å²) in [5.74, 6) is 0.921. The normalized spacial score (nSPS) is 18.9. The quantitative estimate of drug-likeness (QED) is 0.396. The predicted molar refractivity (Wildman–Crippen MR) is 135 cm³/mol. The third-order valence-corrected chi connectivity index (χ3v) is 6.63. The number of rotatable bonds is 4. The van der Waals surface area contributed by atoms with Crippen molar-refractivity contribution < 1.29 is 13.9 Å². The zero-order chi connectivity index (χ0) is 23.7. The Bertz CT molecular complexity index is 1320. The van der Waals surface area contributed by atoms with Crippen LogP contribution in [-0.4, -0.2) is 28.9 Å². The second kappa shape index (κ2) is 9.44. The van der Waals surface area contributed by atoms with E-state index in [4.69, 9.17) is 21.4 Å². The number of benzene rings is 3. The van der Waals surface area contributed by atoms with Crippen molar-refractivity contribution in [2.45, 2.75) is 12.5 Å². The van der Waals surface area contributed by atoms with Crippen LogP contribution in [-0.2, 0) is 0 Å². The van der Waals surface area contributed by atoms with Crippen LogP contribution in [0.25, 0.3) is 6.08 Å². The minimum absolute atomic E-state index is 0.170. The first-order valence-electron chi connectivity index (χ1n) is 10.5. The molecule has 170 valence electrons. The average molecular weight is 492 g/mol. The molecule has 1 amide bonds. The van der Waals surface area contributed by atoms with Gasteiger partial charge in [0.05, 0.1) is 23.8 Å². The van der Waals surface area contributed by atoms with Crippen LogP contribution in [0.2, 0.25) is 5.02 Å². The van der Waals surface area contributed by atoms with Crippen LogP contribution in [0.5, 0.6) is 5.75 Å². The van der Waals surface area contributed by atoms with E-state index in [1.54, 1.807) is 24.3 Å². The minimum atomic E-state index is -0.317. The Morgan fingerprint density at radius 2 is 1.76 bits per heavy atom. The van der Waals surface area contributed by atoms with E-state index >= 15 is 0 Å². The number of ether oxygens (including phenoxy) is 1. The molecule has 0 saturated carbocycles. The van der Waals surface area contributed by atoms with E-state index in [1.165, 1.54) is 12.1 Å². The van der Waals surface area contributed by atoms with Crippen LogP contribution >= 0.6 is 23.4 Å². The molecule has 5 nitrogen and oxygen atoms in total. The third-order valence-electron chi connectivity index (χ3n) is 5.59. The van der Waals surface area contributed by atoms with Crippen molar-refractivity contribution in [1.82, 2.24) is 5.01 Å². The molecule has 1 unspecified atom stereocenters. The largest absolute Gasteiger partial charge is 0.497 e. The molecule has 0 aliphatic carbocycles. The lowest BCUT2D eigenvalue weighted by Crippen LogP contribution is -2.26. The lowest BCUT2D eigenvalue weighted by atomic mass is 9.98. The Hall–Kier alpha value is -3.42. The van der Waals surface area contributed by atoms with Crippen molar-refractivity contribution in [3.8, 4) is 5.75 Å². The number of nitrogens with zero attached hydrogens (tertiary/aromatic N) is 3. The van der Waals surface area contributed by atoms with Gasteiger partial charge in [0, 0.05) is 11.4 Å². The second-order valence-corrected chi connectivity index (χ2v) is 9.18. The Labute approximate surface area is 205 Å². The van der Waals surface area contributed by atoms with Crippen molar-refractivity contribution >= 4 is 46.2 Å². The number of amidine groups is 1. The van der Waals surface area contributed by atoms with Gasteiger partial charge in [-0.05, 0) is 83.1 Å². The van der Waals surface area contributed by atoms with E-state index in [2.05, 4.69) is 4.99 Å². The molecule has 2 aliphatic heterocycles. The molecule has 0 aromatic heterocycles. The van der Waals surface area contributed by atoms with Gasteiger partial charge in [0.15, 0.2) is 5.84 Å². The molecule has 8 heteroatoms. The number of thioether (sulfide) groups is 1. The highest BCUT2D eigenvalue weighted by Gasteiger charge is 2.36. The van der Waals surface area contributed by atoms with Crippen molar-refractivity contribution in [3.63, 3.8) is 0 Å². The summed E-state index contributed by atoms with van der Waals surface area (Å²) in [6.45, 7) is 0. The van der Waals surface area contributed by atoms with Crippen LogP contribution in [0.15, 0.2) is 87.8 Å². The van der Waals surface area contributed by atoms with Crippen molar-refractivity contribution in [1.29, 1.82) is 0 Å². The zero-order valence-corrected chi connectivity index (χ0v) is 19.7. The Morgan fingerprint density at radius 3 is 2.44 bits per heavy atom. The highest BCUT2D eigenvalue weighted by Crippen LogP contribution is 2.40. The van der Waals surface area contributed by atoms with E-state index < -0.39 is 0 Å². The molecule has 2 aliphatic rings. The molecule has 0 saturated heterocycles. The molecular weight excluding hydrogens is 473 g/mol. The number of amides is 1. The second-order valence-electron chi connectivity index (χ2n) is 7.75. The first-order chi connectivity index (χ1) is 16.5. The minimum Gasteiger partial charge on any atom is -0.497 e. The van der Waals surface area contributed by atoms with E-state index in [0.717, 1.165) is 39.9 Å². The number of aliphatic imine (C=N–C) groups is 1. The van der Waals surface area contributed by atoms with Crippen LogP contribution in [0, 0.1) is 5.82 Å². The van der Waals surface area contributed by atoms with E-state index in [1.807, 2.05) is 54.6 Å². The monoisotopic (exact) mass is 491 g/mol. The van der Waals surface area contributed by atoms with Gasteiger partial charge in [-0.2, -0.15) is 10.1 Å². The smallest absolute Gasteiger partial charge is 0.311 e. The van der Waals surface area contributed by atoms with Gasteiger partial charge in [0.1, 0.15) is 11.6 Å². The molecule has 2 heterocycles. The van der Waals surface area contributed by atoms with Gasteiger partial charge in [-0.15, -0.1) is 0 Å². The molecule has 34 heavy (non-hydrogen) atoms. The predicted octanol–water partition coefficient (Wildman–Crippen LogP) is 6.95. The molecule has 0 radical (unpaired) electrons. The highest BCUT2D eigenvalue weighted by atomic mass is 35.5. The van der Waals surface area contributed by atoms with Gasteiger partial charge >= 0.3 is 5.24 Å². The maximum absolute atomic E-state index is 13.4. The summed E-state index contributed by atoms with van der Waals surface area (Å²) in [6.07, 6.45) is 2.45.